The van der Waals surface area contributed by atoms with E-state index >= 15 is 0 Å². The Morgan fingerprint density at radius 2 is 1.96 bits per heavy atom. The van der Waals surface area contributed by atoms with E-state index in [1.165, 1.54) is 0 Å². The Kier molecular flexibility index (Phi) is 6.97. The van der Waals surface area contributed by atoms with E-state index in [1.807, 2.05) is 42.2 Å². The Balaban J connectivity index is 1.52. The molecule has 2 N–H and O–H groups in total. The Hall–Kier alpha value is -2.05. The largest absolute Gasteiger partial charge is 0.338 e. The lowest BCUT2D eigenvalue weighted by Gasteiger charge is -2.33. The van der Waals surface area contributed by atoms with Crippen molar-refractivity contribution >= 4 is 45.2 Å². The predicted octanol–water partition coefficient (Wildman–Crippen LogP) is 5.08. The number of nitrogens with zero attached hydrogens (tertiary/aromatic N) is 1. The minimum Gasteiger partial charge on any atom is -0.338 e. The topological polar surface area (TPSA) is 61.4 Å². The average molecular weight is 465 g/mol. The number of urea groups is 1. The molecule has 2 aromatic carbocycles. The molecule has 1 aliphatic rings. The molecule has 1 aliphatic heterocycles. The molecule has 0 saturated carbocycles. The van der Waals surface area contributed by atoms with Gasteiger partial charge in [-0.15, -0.1) is 0 Å². The van der Waals surface area contributed by atoms with Crippen LogP contribution in [0.25, 0.3) is 0 Å². The highest BCUT2D eigenvalue weighted by Gasteiger charge is 2.26. The molecule has 0 aromatic heterocycles. The highest BCUT2D eigenvalue weighted by atomic mass is 79.9. The summed E-state index contributed by atoms with van der Waals surface area (Å²) in [7, 11) is 0. The average Bonchev–Trinajstić information content (AvgIpc) is 2.68. The molecule has 5 nitrogen and oxygen atoms in total. The summed E-state index contributed by atoms with van der Waals surface area (Å²) in [6.45, 7) is 3.84. The molecule has 1 saturated heterocycles. The predicted molar refractivity (Wildman–Crippen MR) is 116 cm³/mol. The summed E-state index contributed by atoms with van der Waals surface area (Å²) in [5.74, 6) is 0.155. The maximum absolute atomic E-state index is 12.8. The fourth-order valence-electron chi connectivity index (χ4n) is 3.30. The zero-order chi connectivity index (χ0) is 20.1. The second-order valence-electron chi connectivity index (χ2n) is 7.08. The van der Waals surface area contributed by atoms with Gasteiger partial charge in [0.15, 0.2) is 0 Å². The lowest BCUT2D eigenvalue weighted by molar-refractivity contribution is 0.0675. The number of aryl methyl sites for hydroxylation is 1. The van der Waals surface area contributed by atoms with Crippen molar-refractivity contribution in [3.05, 3.63) is 63.1 Å². The van der Waals surface area contributed by atoms with Crippen molar-refractivity contribution in [3.63, 3.8) is 0 Å². The van der Waals surface area contributed by atoms with Crippen molar-refractivity contribution in [1.29, 1.82) is 0 Å². The minimum absolute atomic E-state index is 0.0636. The molecule has 0 radical (unpaired) electrons. The molecule has 1 unspecified atom stereocenters. The number of anilines is 1. The van der Waals surface area contributed by atoms with E-state index in [1.54, 1.807) is 12.1 Å². The van der Waals surface area contributed by atoms with Crippen LogP contribution in [0.1, 0.15) is 28.8 Å². The number of amides is 3. The summed E-state index contributed by atoms with van der Waals surface area (Å²) in [4.78, 5) is 26.8. The van der Waals surface area contributed by atoms with Gasteiger partial charge in [0.05, 0.1) is 10.6 Å². The van der Waals surface area contributed by atoms with Crippen LogP contribution in [0.2, 0.25) is 5.02 Å². The van der Waals surface area contributed by atoms with Crippen molar-refractivity contribution in [2.45, 2.75) is 19.8 Å². The summed E-state index contributed by atoms with van der Waals surface area (Å²) in [6, 6.07) is 12.7. The van der Waals surface area contributed by atoms with Gasteiger partial charge in [-0.05, 0) is 56.0 Å². The van der Waals surface area contributed by atoms with E-state index in [0.717, 1.165) is 28.6 Å². The molecule has 1 heterocycles. The van der Waals surface area contributed by atoms with Crippen molar-refractivity contribution < 1.29 is 9.59 Å². The van der Waals surface area contributed by atoms with Crippen LogP contribution >= 0.6 is 27.5 Å². The first-order valence-electron chi connectivity index (χ1n) is 9.28. The lowest BCUT2D eigenvalue weighted by Crippen LogP contribution is -2.44. The fraction of sp³-hybridized carbons (Fsp3) is 0.333. The fourth-order valence-corrected chi connectivity index (χ4v) is 4.05. The van der Waals surface area contributed by atoms with Gasteiger partial charge in [0.25, 0.3) is 5.91 Å². The van der Waals surface area contributed by atoms with Gasteiger partial charge < -0.3 is 15.5 Å². The summed E-state index contributed by atoms with van der Waals surface area (Å²) < 4.78 is 0.842. The van der Waals surface area contributed by atoms with Crippen molar-refractivity contribution in [1.82, 2.24) is 10.2 Å². The van der Waals surface area contributed by atoms with E-state index in [2.05, 4.69) is 26.6 Å². The number of nitrogens with one attached hydrogen (secondary N) is 2. The first-order valence-corrected chi connectivity index (χ1v) is 10.5. The molecule has 1 fully saturated rings. The number of piperidine rings is 1. The van der Waals surface area contributed by atoms with Crippen molar-refractivity contribution in [2.75, 3.05) is 25.0 Å². The Morgan fingerprint density at radius 1 is 1.21 bits per heavy atom. The highest BCUT2D eigenvalue weighted by Crippen LogP contribution is 2.25. The normalized spacial score (nSPS) is 16.5. The van der Waals surface area contributed by atoms with Crippen LogP contribution in [0, 0.1) is 12.8 Å². The van der Waals surface area contributed by atoms with Crippen LogP contribution in [-0.2, 0) is 0 Å². The van der Waals surface area contributed by atoms with Gasteiger partial charge in [0.2, 0.25) is 0 Å². The first-order chi connectivity index (χ1) is 13.4. The summed E-state index contributed by atoms with van der Waals surface area (Å²) in [5.41, 5.74) is 2.41. The SMILES string of the molecule is Cc1ccc(NC(=O)NCC2CCCN(C(=O)c3ccc(Br)cc3Cl)C2)cc1. The number of benzene rings is 2. The number of hydrogen-bond acceptors (Lipinski definition) is 2. The van der Waals surface area contributed by atoms with Gasteiger partial charge in [-0.3, -0.25) is 4.79 Å². The monoisotopic (exact) mass is 463 g/mol. The molecule has 0 spiro atoms. The van der Waals surface area contributed by atoms with Gasteiger partial charge in [-0.25, -0.2) is 4.79 Å². The Morgan fingerprint density at radius 3 is 2.68 bits per heavy atom. The van der Waals surface area contributed by atoms with Crippen LogP contribution in [0.15, 0.2) is 46.9 Å². The van der Waals surface area contributed by atoms with Crippen LogP contribution in [0.4, 0.5) is 10.5 Å². The van der Waals surface area contributed by atoms with Gasteiger partial charge in [-0.2, -0.15) is 0 Å². The van der Waals surface area contributed by atoms with Crippen LogP contribution < -0.4 is 10.6 Å². The maximum atomic E-state index is 12.8. The highest BCUT2D eigenvalue weighted by molar-refractivity contribution is 9.10. The third-order valence-corrected chi connectivity index (χ3v) is 5.63. The molecular weight excluding hydrogens is 442 g/mol. The van der Waals surface area contributed by atoms with Gasteiger partial charge >= 0.3 is 6.03 Å². The van der Waals surface area contributed by atoms with Crippen molar-refractivity contribution in [3.8, 4) is 0 Å². The zero-order valence-electron chi connectivity index (χ0n) is 15.7. The number of rotatable bonds is 4. The van der Waals surface area contributed by atoms with Crippen LogP contribution in [0.3, 0.4) is 0 Å². The molecule has 3 rings (SSSR count). The Labute approximate surface area is 178 Å². The van der Waals surface area contributed by atoms with Gasteiger partial charge in [-0.1, -0.05) is 45.2 Å². The van der Waals surface area contributed by atoms with Crippen LogP contribution in [0.5, 0.6) is 0 Å². The maximum Gasteiger partial charge on any atom is 0.319 e. The molecule has 7 heteroatoms. The number of hydrogen-bond donors (Lipinski definition) is 2. The van der Waals surface area contributed by atoms with E-state index in [0.29, 0.717) is 30.2 Å². The molecular formula is C21H23BrClN3O2. The number of likely N-dealkylation sites (tertiary alicyclic amines) is 1. The van der Waals surface area contributed by atoms with E-state index in [-0.39, 0.29) is 17.9 Å². The molecule has 1 atom stereocenters. The van der Waals surface area contributed by atoms with E-state index in [9.17, 15) is 9.59 Å². The minimum atomic E-state index is -0.233. The third kappa shape index (κ3) is 5.49. The zero-order valence-corrected chi connectivity index (χ0v) is 18.0. The third-order valence-electron chi connectivity index (χ3n) is 4.83. The quantitative estimate of drug-likeness (QED) is 0.662. The molecule has 3 amide bonds. The number of halogens is 2. The molecule has 148 valence electrons. The first kappa shape index (κ1) is 20.7. The Bertz CT molecular complexity index is 857. The molecule has 0 aliphatic carbocycles. The summed E-state index contributed by atoms with van der Waals surface area (Å²) >= 11 is 9.58. The van der Waals surface area contributed by atoms with Gasteiger partial charge in [0.1, 0.15) is 0 Å². The van der Waals surface area contributed by atoms with E-state index in [4.69, 9.17) is 11.6 Å². The second-order valence-corrected chi connectivity index (χ2v) is 8.41. The molecule has 28 heavy (non-hydrogen) atoms. The second kappa shape index (κ2) is 9.43. The van der Waals surface area contributed by atoms with Gasteiger partial charge in [0, 0.05) is 29.8 Å². The van der Waals surface area contributed by atoms with Crippen LogP contribution in [-0.4, -0.2) is 36.5 Å². The van der Waals surface area contributed by atoms with E-state index < -0.39 is 0 Å². The molecule has 2 aromatic rings. The summed E-state index contributed by atoms with van der Waals surface area (Å²) in [6.07, 6.45) is 1.88. The number of carbonyl (C=O) groups is 2. The molecule has 0 bridgehead atoms. The standard InChI is InChI=1S/C21H23BrClN3O2/c1-14-4-7-17(8-5-14)25-21(28)24-12-15-3-2-10-26(13-15)20(27)18-9-6-16(22)11-19(18)23/h4-9,11,15H,2-3,10,12-13H2,1H3,(H2,24,25,28). The summed E-state index contributed by atoms with van der Waals surface area (Å²) in [5, 5.41) is 6.18. The number of carbonyl (C=O) groups excluding carboxylic acids is 2. The van der Waals surface area contributed by atoms with Crippen molar-refractivity contribution in [2.24, 2.45) is 5.92 Å². The lowest BCUT2D eigenvalue weighted by atomic mass is 9.97. The smallest absolute Gasteiger partial charge is 0.319 e.